The van der Waals surface area contributed by atoms with E-state index in [1.165, 1.54) is 37.8 Å². The molecule has 1 aliphatic carbocycles. The highest BCUT2D eigenvalue weighted by atomic mass is 32.2. The molecule has 1 aliphatic heterocycles. The summed E-state index contributed by atoms with van der Waals surface area (Å²) in [6.07, 6.45) is 4.98. The molecule has 0 atom stereocenters. The summed E-state index contributed by atoms with van der Waals surface area (Å²) in [4.78, 5) is 4.79. The Morgan fingerprint density at radius 2 is 2.12 bits per heavy atom. The zero-order valence-corrected chi connectivity index (χ0v) is 10.4. The molecule has 0 radical (unpaired) electrons. The lowest BCUT2D eigenvalue weighted by molar-refractivity contribution is 0.508. The molecule has 0 bridgehead atoms. The molecule has 1 saturated carbocycles. The predicted octanol–water partition coefficient (Wildman–Crippen LogP) is 3.65. The molecule has 1 N–H and O–H groups in total. The minimum absolute atomic E-state index is 0.181. The molecule has 17 heavy (non-hydrogen) atoms. The van der Waals surface area contributed by atoms with E-state index >= 15 is 0 Å². The van der Waals surface area contributed by atoms with Crippen LogP contribution in [0.4, 0.5) is 10.1 Å². The van der Waals surface area contributed by atoms with Gasteiger partial charge in [0.25, 0.3) is 0 Å². The Kier molecular flexibility index (Phi) is 2.82. The van der Waals surface area contributed by atoms with Crippen LogP contribution in [0, 0.1) is 5.82 Å². The Labute approximate surface area is 105 Å². The van der Waals surface area contributed by atoms with Gasteiger partial charge in [0.2, 0.25) is 0 Å². The number of anilines is 1. The van der Waals surface area contributed by atoms with Gasteiger partial charge in [0.15, 0.2) is 5.17 Å². The Bertz CT molecular complexity index is 452. The highest BCUT2D eigenvalue weighted by molar-refractivity contribution is 8.14. The van der Waals surface area contributed by atoms with Gasteiger partial charge in [-0.1, -0.05) is 30.7 Å². The molecule has 0 unspecified atom stereocenters. The molecule has 0 amide bonds. The van der Waals surface area contributed by atoms with Crippen LogP contribution in [0.2, 0.25) is 0 Å². The van der Waals surface area contributed by atoms with Gasteiger partial charge in [0.05, 0.1) is 5.54 Å². The van der Waals surface area contributed by atoms with Gasteiger partial charge in [-0.05, 0) is 31.0 Å². The van der Waals surface area contributed by atoms with Crippen LogP contribution in [0.1, 0.15) is 25.7 Å². The second-order valence-corrected chi connectivity index (χ2v) is 5.74. The van der Waals surface area contributed by atoms with Crippen LogP contribution in [0.25, 0.3) is 0 Å². The topological polar surface area (TPSA) is 24.4 Å². The van der Waals surface area contributed by atoms with Crippen molar-refractivity contribution in [3.63, 3.8) is 0 Å². The molecular formula is C13H15FN2S. The van der Waals surface area contributed by atoms with E-state index in [4.69, 9.17) is 4.99 Å². The maximum absolute atomic E-state index is 13.0. The molecule has 1 heterocycles. The van der Waals surface area contributed by atoms with E-state index < -0.39 is 0 Å². The Balaban J connectivity index is 1.74. The average molecular weight is 250 g/mol. The second kappa shape index (κ2) is 4.33. The summed E-state index contributed by atoms with van der Waals surface area (Å²) in [6.45, 7) is 0. The lowest BCUT2D eigenvalue weighted by atomic mass is 10.0. The van der Waals surface area contributed by atoms with Crippen molar-refractivity contribution in [2.24, 2.45) is 4.99 Å². The molecule has 1 aromatic carbocycles. The first-order valence-electron chi connectivity index (χ1n) is 6.01. The van der Waals surface area contributed by atoms with E-state index in [9.17, 15) is 4.39 Å². The van der Waals surface area contributed by atoms with Crippen molar-refractivity contribution in [1.82, 2.24) is 0 Å². The van der Waals surface area contributed by atoms with Crippen LogP contribution >= 0.6 is 11.8 Å². The molecule has 2 aliphatic rings. The van der Waals surface area contributed by atoms with Gasteiger partial charge in [0, 0.05) is 11.4 Å². The highest BCUT2D eigenvalue weighted by Crippen LogP contribution is 2.41. The number of nitrogens with one attached hydrogen (secondary N) is 1. The van der Waals surface area contributed by atoms with Crippen LogP contribution < -0.4 is 5.32 Å². The highest BCUT2D eigenvalue weighted by Gasteiger charge is 2.38. The van der Waals surface area contributed by atoms with Gasteiger partial charge >= 0.3 is 0 Å². The molecule has 0 aromatic heterocycles. The molecule has 2 nitrogen and oxygen atoms in total. The maximum Gasteiger partial charge on any atom is 0.161 e. The first-order valence-corrected chi connectivity index (χ1v) is 7.00. The first kappa shape index (κ1) is 11.1. The van der Waals surface area contributed by atoms with Crippen molar-refractivity contribution in [3.8, 4) is 0 Å². The van der Waals surface area contributed by atoms with E-state index in [0.717, 1.165) is 16.6 Å². The third-order valence-corrected chi connectivity index (χ3v) is 4.57. The molecule has 3 rings (SSSR count). The van der Waals surface area contributed by atoms with E-state index in [0.29, 0.717) is 0 Å². The van der Waals surface area contributed by atoms with E-state index in [1.807, 2.05) is 6.07 Å². The quantitative estimate of drug-likeness (QED) is 0.822. The van der Waals surface area contributed by atoms with Crippen LogP contribution in [-0.4, -0.2) is 16.5 Å². The number of aliphatic imine (C=N–C) groups is 1. The summed E-state index contributed by atoms with van der Waals surface area (Å²) in [7, 11) is 0. The Morgan fingerprint density at radius 1 is 1.29 bits per heavy atom. The molecule has 90 valence electrons. The van der Waals surface area contributed by atoms with E-state index in [-0.39, 0.29) is 11.4 Å². The summed E-state index contributed by atoms with van der Waals surface area (Å²) >= 11 is 1.76. The SMILES string of the molecule is Fc1cccc(NC2=NC3(CCCC3)CS2)c1. The minimum atomic E-state index is -0.214. The van der Waals surface area contributed by atoms with Gasteiger partial charge in [-0.3, -0.25) is 4.99 Å². The normalized spacial score (nSPS) is 21.8. The predicted molar refractivity (Wildman–Crippen MR) is 71.1 cm³/mol. The smallest absolute Gasteiger partial charge is 0.161 e. The molecule has 4 heteroatoms. The zero-order valence-electron chi connectivity index (χ0n) is 9.58. The van der Waals surface area contributed by atoms with Crippen molar-refractivity contribution in [1.29, 1.82) is 0 Å². The molecule has 1 fully saturated rings. The Hall–Kier alpha value is -1.03. The third kappa shape index (κ3) is 2.32. The maximum atomic E-state index is 13.0. The number of amidine groups is 1. The molecule has 1 aromatic rings. The van der Waals surface area contributed by atoms with Gasteiger partial charge in [-0.25, -0.2) is 4.39 Å². The van der Waals surface area contributed by atoms with Gasteiger partial charge < -0.3 is 5.32 Å². The van der Waals surface area contributed by atoms with Crippen LogP contribution in [-0.2, 0) is 0 Å². The standard InChI is InChI=1S/C13H15FN2S/c14-10-4-3-5-11(8-10)15-12-16-13(9-17-12)6-1-2-7-13/h3-5,8H,1-2,6-7,9H2,(H,15,16). The number of hydrogen-bond acceptors (Lipinski definition) is 3. The van der Waals surface area contributed by atoms with Crippen LogP contribution in [0.15, 0.2) is 29.3 Å². The lowest BCUT2D eigenvalue weighted by Crippen LogP contribution is -2.21. The fourth-order valence-electron chi connectivity index (χ4n) is 2.53. The molecule has 1 spiro atoms. The van der Waals surface area contributed by atoms with Crippen molar-refractivity contribution in [2.75, 3.05) is 11.1 Å². The number of thioether (sulfide) groups is 1. The summed E-state index contributed by atoms with van der Waals surface area (Å²) in [5.41, 5.74) is 0.964. The lowest BCUT2D eigenvalue weighted by Gasteiger charge is -2.16. The van der Waals surface area contributed by atoms with Crippen molar-refractivity contribution in [3.05, 3.63) is 30.1 Å². The number of halogens is 1. The first-order chi connectivity index (χ1) is 8.26. The number of rotatable bonds is 1. The van der Waals surface area contributed by atoms with Crippen molar-refractivity contribution in [2.45, 2.75) is 31.2 Å². The third-order valence-electron chi connectivity index (χ3n) is 3.43. The van der Waals surface area contributed by atoms with Crippen LogP contribution in [0.5, 0.6) is 0 Å². The van der Waals surface area contributed by atoms with Gasteiger partial charge in [0.1, 0.15) is 5.82 Å². The van der Waals surface area contributed by atoms with Crippen molar-refractivity contribution < 1.29 is 4.39 Å². The fraction of sp³-hybridized carbons (Fsp3) is 0.462. The van der Waals surface area contributed by atoms with E-state index in [2.05, 4.69) is 5.32 Å². The minimum Gasteiger partial charge on any atom is -0.335 e. The number of hydrogen-bond donors (Lipinski definition) is 1. The number of nitrogens with zero attached hydrogens (tertiary/aromatic N) is 1. The van der Waals surface area contributed by atoms with Gasteiger partial charge in [-0.2, -0.15) is 0 Å². The molecule has 0 saturated heterocycles. The average Bonchev–Trinajstić information content (AvgIpc) is 2.90. The summed E-state index contributed by atoms with van der Waals surface area (Å²) in [6, 6.07) is 6.53. The summed E-state index contributed by atoms with van der Waals surface area (Å²) in [5, 5.41) is 4.15. The second-order valence-electron chi connectivity index (χ2n) is 4.77. The van der Waals surface area contributed by atoms with Crippen molar-refractivity contribution >= 4 is 22.6 Å². The summed E-state index contributed by atoms with van der Waals surface area (Å²) < 4.78 is 13.0. The fourth-order valence-corrected chi connectivity index (χ4v) is 3.73. The van der Waals surface area contributed by atoms with E-state index in [1.54, 1.807) is 17.8 Å². The largest absolute Gasteiger partial charge is 0.335 e. The summed E-state index contributed by atoms with van der Waals surface area (Å²) in [5.74, 6) is 0.860. The Morgan fingerprint density at radius 3 is 2.88 bits per heavy atom. The molecular weight excluding hydrogens is 235 g/mol. The zero-order chi connectivity index (χ0) is 11.7. The monoisotopic (exact) mass is 250 g/mol. The number of benzene rings is 1. The van der Waals surface area contributed by atoms with Gasteiger partial charge in [-0.15, -0.1) is 0 Å². The van der Waals surface area contributed by atoms with Crippen LogP contribution in [0.3, 0.4) is 0 Å².